The Kier molecular flexibility index (Phi) is 8.20. The van der Waals surface area contributed by atoms with E-state index in [9.17, 15) is 14.7 Å². The van der Waals surface area contributed by atoms with Crippen molar-refractivity contribution in [1.29, 1.82) is 0 Å². The van der Waals surface area contributed by atoms with Gasteiger partial charge < -0.3 is 20.1 Å². The third kappa shape index (κ3) is 5.75. The quantitative estimate of drug-likeness (QED) is 0.623. The van der Waals surface area contributed by atoms with Gasteiger partial charge in [-0.15, -0.1) is 0 Å². The van der Waals surface area contributed by atoms with Gasteiger partial charge in [-0.2, -0.15) is 0 Å². The summed E-state index contributed by atoms with van der Waals surface area (Å²) in [4.78, 5) is 28.1. The molecular weight excluding hydrogens is 416 g/mol. The summed E-state index contributed by atoms with van der Waals surface area (Å²) in [6.07, 6.45) is 5.89. The van der Waals surface area contributed by atoms with Gasteiger partial charge in [0.25, 0.3) is 0 Å². The molecule has 33 heavy (non-hydrogen) atoms. The Bertz CT molecular complexity index is 705. The number of methoxy groups -OCH3 is 1. The number of aliphatic hydroxyl groups is 1. The number of aliphatic hydroxyl groups excluding tert-OH is 1. The first kappa shape index (κ1) is 26.5. The topological polar surface area (TPSA) is 78.9 Å². The molecule has 190 valence electrons. The maximum Gasteiger partial charge on any atom is 0.226 e. The highest BCUT2D eigenvalue weighted by Gasteiger charge is 2.54. The fraction of sp³-hybridized carbons (Fsp3) is 0.926. The predicted molar refractivity (Wildman–Crippen MR) is 131 cm³/mol. The molecule has 6 nitrogen and oxygen atoms in total. The fourth-order valence-corrected chi connectivity index (χ4v) is 7.17. The van der Waals surface area contributed by atoms with Gasteiger partial charge in [-0.1, -0.05) is 41.5 Å². The zero-order chi connectivity index (χ0) is 24.6. The van der Waals surface area contributed by atoms with Crippen LogP contribution < -0.4 is 5.32 Å². The highest BCUT2D eigenvalue weighted by molar-refractivity contribution is 5.79. The van der Waals surface area contributed by atoms with E-state index in [4.69, 9.17) is 4.74 Å². The molecule has 0 unspecified atom stereocenters. The molecule has 3 aliphatic rings. The normalized spacial score (nSPS) is 38.0. The van der Waals surface area contributed by atoms with Crippen LogP contribution >= 0.6 is 0 Å². The smallest absolute Gasteiger partial charge is 0.226 e. The second kappa shape index (κ2) is 10.2. The number of nitrogens with one attached hydrogen (secondary N) is 1. The zero-order valence-electron chi connectivity index (χ0n) is 22.0. The molecule has 2 saturated carbocycles. The summed E-state index contributed by atoms with van der Waals surface area (Å²) in [5, 5.41) is 14.9. The maximum absolute atomic E-state index is 13.4. The van der Waals surface area contributed by atoms with Crippen LogP contribution in [0.5, 0.6) is 0 Å². The number of ether oxygens (including phenoxy) is 1. The minimum absolute atomic E-state index is 0.0363. The van der Waals surface area contributed by atoms with Crippen molar-refractivity contribution in [2.45, 2.75) is 105 Å². The monoisotopic (exact) mass is 464 g/mol. The third-order valence-corrected chi connectivity index (χ3v) is 8.98. The van der Waals surface area contributed by atoms with Crippen LogP contribution in [0.4, 0.5) is 0 Å². The molecule has 0 aromatic heterocycles. The van der Waals surface area contributed by atoms with Crippen LogP contribution in [-0.2, 0) is 14.3 Å². The van der Waals surface area contributed by atoms with Crippen molar-refractivity contribution in [3.05, 3.63) is 0 Å². The van der Waals surface area contributed by atoms with Crippen LogP contribution in [0.15, 0.2) is 0 Å². The number of rotatable bonds is 6. The van der Waals surface area contributed by atoms with E-state index in [1.165, 1.54) is 0 Å². The molecule has 0 aromatic rings. The van der Waals surface area contributed by atoms with E-state index in [2.05, 4.69) is 39.9 Å². The van der Waals surface area contributed by atoms with Crippen molar-refractivity contribution >= 4 is 11.8 Å². The minimum Gasteiger partial charge on any atom is -0.392 e. The molecule has 1 aliphatic heterocycles. The highest BCUT2D eigenvalue weighted by Crippen LogP contribution is 2.55. The first-order chi connectivity index (χ1) is 15.4. The molecule has 0 radical (unpaired) electrons. The van der Waals surface area contributed by atoms with E-state index in [-0.39, 0.29) is 58.4 Å². The van der Waals surface area contributed by atoms with Gasteiger partial charge in [0.05, 0.1) is 18.8 Å². The minimum atomic E-state index is -0.525. The summed E-state index contributed by atoms with van der Waals surface area (Å²) in [6.45, 7) is 14.1. The van der Waals surface area contributed by atoms with Crippen LogP contribution in [0.2, 0.25) is 0 Å². The standard InChI is InChI=1S/C27H48N2O4/c1-17(25(32)29-14-8-9-19(29)16-33-7)20-10-12-27(6)13-11-21(18(2)23(27)24(20)31)28-22(30)15-26(3,4)5/h17-21,23-24,31H,8-16H2,1-7H3,(H,28,30)/t17-,18+,19+,20+,21-,23+,24-,27-/m0/s1. The molecule has 3 fully saturated rings. The summed E-state index contributed by atoms with van der Waals surface area (Å²) >= 11 is 0. The predicted octanol–water partition coefficient (Wildman–Crippen LogP) is 4.00. The third-order valence-electron chi connectivity index (χ3n) is 8.98. The van der Waals surface area contributed by atoms with Crippen LogP contribution in [0.3, 0.4) is 0 Å². The number of carbonyl (C=O) groups excluding carboxylic acids is 2. The zero-order valence-corrected chi connectivity index (χ0v) is 22.0. The summed E-state index contributed by atoms with van der Waals surface area (Å²) in [5.41, 5.74) is 0.0214. The van der Waals surface area contributed by atoms with Gasteiger partial charge >= 0.3 is 0 Å². The van der Waals surface area contributed by atoms with E-state index in [0.29, 0.717) is 13.0 Å². The number of nitrogens with zero attached hydrogens (tertiary/aromatic N) is 1. The Hall–Kier alpha value is -1.14. The van der Waals surface area contributed by atoms with E-state index in [1.807, 2.05) is 11.8 Å². The van der Waals surface area contributed by atoms with Crippen molar-refractivity contribution in [2.24, 2.45) is 34.5 Å². The summed E-state index contributed by atoms with van der Waals surface area (Å²) in [7, 11) is 1.69. The molecular formula is C27H48N2O4. The van der Waals surface area contributed by atoms with Crippen LogP contribution in [0.1, 0.15) is 86.5 Å². The maximum atomic E-state index is 13.4. The van der Waals surface area contributed by atoms with Gasteiger partial charge in [-0.25, -0.2) is 0 Å². The molecule has 2 N–H and O–H groups in total. The van der Waals surface area contributed by atoms with Gasteiger partial charge in [0.2, 0.25) is 11.8 Å². The van der Waals surface area contributed by atoms with Crippen LogP contribution in [-0.4, -0.2) is 60.3 Å². The van der Waals surface area contributed by atoms with E-state index >= 15 is 0 Å². The summed E-state index contributed by atoms with van der Waals surface area (Å²) in [5.74, 6) is 0.303. The Labute approximate surface area is 201 Å². The molecule has 2 aliphatic carbocycles. The second-order valence-electron chi connectivity index (χ2n) is 12.8. The lowest BCUT2D eigenvalue weighted by atomic mass is 9.51. The van der Waals surface area contributed by atoms with Gasteiger partial charge in [0.1, 0.15) is 0 Å². The Morgan fingerprint density at radius 1 is 1.21 bits per heavy atom. The SMILES string of the molecule is COC[C@H]1CCCN1C(=O)[C@@H](C)[C@H]1CC[C@@]2(C)CC[C@H](NC(=O)CC(C)(C)C)[C@@H](C)[C@@H]2[C@H]1O. The van der Waals surface area contributed by atoms with Crippen molar-refractivity contribution < 1.29 is 19.4 Å². The van der Waals surface area contributed by atoms with Crippen molar-refractivity contribution in [1.82, 2.24) is 10.2 Å². The fourth-order valence-electron chi connectivity index (χ4n) is 7.17. The van der Waals surface area contributed by atoms with Crippen LogP contribution in [0.25, 0.3) is 0 Å². The van der Waals surface area contributed by atoms with Crippen molar-refractivity contribution in [2.75, 3.05) is 20.3 Å². The average Bonchev–Trinajstić information content (AvgIpc) is 3.16. The van der Waals surface area contributed by atoms with Crippen molar-refractivity contribution in [3.63, 3.8) is 0 Å². The molecule has 6 heteroatoms. The van der Waals surface area contributed by atoms with Gasteiger partial charge in [-0.3, -0.25) is 9.59 Å². The molecule has 8 atom stereocenters. The van der Waals surface area contributed by atoms with E-state index in [0.717, 1.165) is 45.1 Å². The number of hydrogen-bond acceptors (Lipinski definition) is 4. The summed E-state index contributed by atoms with van der Waals surface area (Å²) < 4.78 is 5.35. The number of hydrogen-bond donors (Lipinski definition) is 2. The first-order valence-electron chi connectivity index (χ1n) is 13.1. The number of amides is 2. The molecule has 0 spiro atoms. The lowest BCUT2D eigenvalue weighted by Crippen LogP contribution is -2.59. The van der Waals surface area contributed by atoms with E-state index in [1.54, 1.807) is 7.11 Å². The van der Waals surface area contributed by atoms with E-state index < -0.39 is 6.10 Å². The average molecular weight is 465 g/mol. The van der Waals surface area contributed by atoms with Crippen molar-refractivity contribution in [3.8, 4) is 0 Å². The molecule has 2 amide bonds. The lowest BCUT2D eigenvalue weighted by molar-refractivity contribution is -0.152. The Morgan fingerprint density at radius 3 is 2.52 bits per heavy atom. The highest BCUT2D eigenvalue weighted by atomic mass is 16.5. The van der Waals surface area contributed by atoms with Crippen LogP contribution in [0, 0.1) is 34.5 Å². The Balaban J connectivity index is 1.71. The first-order valence-corrected chi connectivity index (χ1v) is 13.1. The lowest BCUT2D eigenvalue weighted by Gasteiger charge is -2.56. The molecule has 1 saturated heterocycles. The van der Waals surface area contributed by atoms with Gasteiger partial charge in [-0.05, 0) is 67.1 Å². The number of likely N-dealkylation sites (tertiary alicyclic amines) is 1. The second-order valence-corrected chi connectivity index (χ2v) is 12.8. The van der Waals surface area contributed by atoms with Gasteiger partial charge in [0.15, 0.2) is 0 Å². The molecule has 0 bridgehead atoms. The summed E-state index contributed by atoms with van der Waals surface area (Å²) in [6, 6.07) is 0.244. The molecule has 0 aromatic carbocycles. The largest absolute Gasteiger partial charge is 0.392 e. The molecule has 1 heterocycles. The Morgan fingerprint density at radius 2 is 1.88 bits per heavy atom. The number of fused-ring (bicyclic) bond motifs is 1. The molecule has 3 rings (SSSR count). The number of carbonyl (C=O) groups is 2. The van der Waals surface area contributed by atoms with Gasteiger partial charge in [0, 0.05) is 32.0 Å².